The molecule has 0 aliphatic heterocycles. The van der Waals surface area contributed by atoms with E-state index in [9.17, 15) is 8.42 Å². The highest BCUT2D eigenvalue weighted by atomic mass is 32.2. The van der Waals surface area contributed by atoms with Crippen LogP contribution in [0.4, 0.5) is 0 Å². The fraction of sp³-hybridized carbons (Fsp3) is 0.600. The molecule has 2 rings (SSSR count). The highest BCUT2D eigenvalue weighted by Crippen LogP contribution is 2.32. The number of rotatable bonds is 7. The Morgan fingerprint density at radius 1 is 1.38 bits per heavy atom. The Kier molecular flexibility index (Phi) is 5.24. The number of methoxy groups -OCH3 is 1. The maximum atomic E-state index is 12.8. The van der Waals surface area contributed by atoms with E-state index < -0.39 is 10.0 Å². The fourth-order valence-electron chi connectivity index (χ4n) is 2.40. The fourth-order valence-corrected chi connectivity index (χ4v) is 4.02. The van der Waals surface area contributed by atoms with E-state index in [4.69, 9.17) is 4.74 Å². The van der Waals surface area contributed by atoms with E-state index in [1.54, 1.807) is 19.2 Å². The van der Waals surface area contributed by atoms with E-state index in [1.165, 1.54) is 11.4 Å². The topological polar surface area (TPSA) is 58.6 Å². The molecule has 0 spiro atoms. The maximum absolute atomic E-state index is 12.8. The Morgan fingerprint density at radius 3 is 2.62 bits per heavy atom. The molecule has 0 saturated heterocycles. The van der Waals surface area contributed by atoms with Gasteiger partial charge in [-0.25, -0.2) is 8.42 Å². The monoisotopic (exact) mass is 312 g/mol. The van der Waals surface area contributed by atoms with Gasteiger partial charge in [-0.15, -0.1) is 0 Å². The van der Waals surface area contributed by atoms with Crippen LogP contribution < -0.4 is 10.1 Å². The molecule has 1 aromatic carbocycles. The zero-order valence-corrected chi connectivity index (χ0v) is 13.7. The third-order valence-electron chi connectivity index (χ3n) is 4.05. The smallest absolute Gasteiger partial charge is 0.246 e. The van der Waals surface area contributed by atoms with Crippen molar-refractivity contribution in [3.63, 3.8) is 0 Å². The summed E-state index contributed by atoms with van der Waals surface area (Å²) >= 11 is 0. The molecule has 0 radical (unpaired) electrons. The minimum absolute atomic E-state index is 0.122. The molecule has 1 aromatic rings. The molecule has 0 heterocycles. The van der Waals surface area contributed by atoms with Crippen LogP contribution >= 0.6 is 0 Å². The third kappa shape index (κ3) is 3.39. The number of nitrogens with zero attached hydrogens (tertiary/aromatic N) is 1. The van der Waals surface area contributed by atoms with Crippen LogP contribution in [0.25, 0.3) is 0 Å². The number of nitrogens with one attached hydrogen (secondary N) is 1. The van der Waals surface area contributed by atoms with Crippen LogP contribution in [-0.4, -0.2) is 39.5 Å². The van der Waals surface area contributed by atoms with Gasteiger partial charge in [0.2, 0.25) is 10.0 Å². The van der Waals surface area contributed by atoms with Gasteiger partial charge in [0.15, 0.2) is 0 Å². The molecule has 0 amide bonds. The van der Waals surface area contributed by atoms with Crippen molar-refractivity contribution in [1.82, 2.24) is 9.62 Å². The summed E-state index contributed by atoms with van der Waals surface area (Å²) in [5.74, 6) is 0.404. The van der Waals surface area contributed by atoms with Gasteiger partial charge in [0.1, 0.15) is 10.6 Å². The molecular formula is C15H24N2O3S. The molecule has 1 fully saturated rings. The number of hydrogen-bond acceptors (Lipinski definition) is 4. The Labute approximate surface area is 127 Å². The van der Waals surface area contributed by atoms with Crippen LogP contribution in [0.15, 0.2) is 23.1 Å². The van der Waals surface area contributed by atoms with Crippen molar-refractivity contribution < 1.29 is 13.2 Å². The van der Waals surface area contributed by atoms with Crippen LogP contribution in [0.3, 0.4) is 0 Å². The molecule has 1 N–H and O–H groups in total. The van der Waals surface area contributed by atoms with Gasteiger partial charge in [-0.1, -0.05) is 19.4 Å². The molecule has 6 heteroatoms. The summed E-state index contributed by atoms with van der Waals surface area (Å²) < 4.78 is 32.3. The van der Waals surface area contributed by atoms with Crippen LogP contribution in [0, 0.1) is 0 Å². The van der Waals surface area contributed by atoms with Gasteiger partial charge in [-0.05, 0) is 37.1 Å². The van der Waals surface area contributed by atoms with Crippen molar-refractivity contribution in [2.75, 3.05) is 20.7 Å². The molecule has 5 nitrogen and oxygen atoms in total. The van der Waals surface area contributed by atoms with Crippen LogP contribution in [-0.2, 0) is 16.6 Å². The van der Waals surface area contributed by atoms with Gasteiger partial charge in [0.25, 0.3) is 0 Å². The molecule has 118 valence electrons. The normalized spacial score (nSPS) is 16.0. The number of hydrogen-bond donors (Lipinski definition) is 1. The van der Waals surface area contributed by atoms with Gasteiger partial charge < -0.3 is 10.1 Å². The molecule has 0 aromatic heterocycles. The summed E-state index contributed by atoms with van der Waals surface area (Å²) in [6, 6.07) is 5.46. The lowest BCUT2D eigenvalue weighted by Crippen LogP contribution is -2.41. The van der Waals surface area contributed by atoms with Gasteiger partial charge >= 0.3 is 0 Å². The first-order chi connectivity index (χ1) is 10.0. The van der Waals surface area contributed by atoms with Crippen molar-refractivity contribution in [1.29, 1.82) is 0 Å². The number of sulfonamides is 1. The van der Waals surface area contributed by atoms with E-state index in [1.807, 2.05) is 13.0 Å². The van der Waals surface area contributed by atoms with Gasteiger partial charge in [0, 0.05) is 19.6 Å². The second kappa shape index (κ2) is 6.77. The SMILES string of the molecule is CCNCc1ccc(OC)c(S(=O)(=O)N(C)C2CCC2)c1. The molecule has 0 bridgehead atoms. The molecule has 1 saturated carbocycles. The average molecular weight is 312 g/mol. The lowest BCUT2D eigenvalue weighted by molar-refractivity contribution is 0.249. The summed E-state index contributed by atoms with van der Waals surface area (Å²) in [5.41, 5.74) is 0.943. The first-order valence-corrected chi connectivity index (χ1v) is 8.80. The number of ether oxygens (including phenoxy) is 1. The molecule has 1 aliphatic carbocycles. The average Bonchev–Trinajstić information content (AvgIpc) is 2.42. The Balaban J connectivity index is 2.34. The second-order valence-corrected chi connectivity index (χ2v) is 7.34. The molecule has 0 atom stereocenters. The third-order valence-corrected chi connectivity index (χ3v) is 5.98. The maximum Gasteiger partial charge on any atom is 0.246 e. The van der Waals surface area contributed by atoms with Gasteiger partial charge in [-0.2, -0.15) is 4.31 Å². The minimum Gasteiger partial charge on any atom is -0.495 e. The highest BCUT2D eigenvalue weighted by molar-refractivity contribution is 7.89. The summed E-state index contributed by atoms with van der Waals surface area (Å²) in [4.78, 5) is 0.259. The summed E-state index contributed by atoms with van der Waals surface area (Å²) in [6.07, 6.45) is 2.98. The first-order valence-electron chi connectivity index (χ1n) is 7.36. The van der Waals surface area contributed by atoms with E-state index in [0.29, 0.717) is 12.3 Å². The number of benzene rings is 1. The van der Waals surface area contributed by atoms with Gasteiger partial charge in [0.05, 0.1) is 7.11 Å². The summed E-state index contributed by atoms with van der Waals surface area (Å²) in [5, 5.41) is 3.21. The predicted octanol–water partition coefficient (Wildman–Crippen LogP) is 1.98. The van der Waals surface area contributed by atoms with Crippen molar-refractivity contribution in [2.45, 2.75) is 43.7 Å². The van der Waals surface area contributed by atoms with E-state index in [0.717, 1.165) is 31.4 Å². The van der Waals surface area contributed by atoms with Crippen molar-refractivity contribution >= 4 is 10.0 Å². The largest absolute Gasteiger partial charge is 0.495 e. The van der Waals surface area contributed by atoms with Crippen LogP contribution in [0.1, 0.15) is 31.7 Å². The molecule has 0 unspecified atom stereocenters. The Hall–Kier alpha value is -1.11. The lowest BCUT2D eigenvalue weighted by atomic mass is 9.94. The quantitative estimate of drug-likeness (QED) is 0.836. The van der Waals surface area contributed by atoms with Crippen molar-refractivity contribution in [3.8, 4) is 5.75 Å². The van der Waals surface area contributed by atoms with Crippen LogP contribution in [0.2, 0.25) is 0 Å². The van der Waals surface area contributed by atoms with Crippen molar-refractivity contribution in [3.05, 3.63) is 23.8 Å². The first kappa shape index (κ1) is 16.3. The minimum atomic E-state index is -3.51. The highest BCUT2D eigenvalue weighted by Gasteiger charge is 2.33. The zero-order valence-electron chi connectivity index (χ0n) is 12.9. The van der Waals surface area contributed by atoms with Crippen LogP contribution in [0.5, 0.6) is 5.75 Å². The lowest BCUT2D eigenvalue weighted by Gasteiger charge is -2.34. The standard InChI is InChI=1S/C15H24N2O3S/c1-4-16-11-12-8-9-14(20-3)15(10-12)21(18,19)17(2)13-6-5-7-13/h8-10,13,16H,4-7,11H2,1-3H3. The Morgan fingerprint density at radius 2 is 2.10 bits per heavy atom. The van der Waals surface area contributed by atoms with E-state index in [-0.39, 0.29) is 10.9 Å². The van der Waals surface area contributed by atoms with Crippen molar-refractivity contribution in [2.24, 2.45) is 0 Å². The molecule has 21 heavy (non-hydrogen) atoms. The second-order valence-electron chi connectivity index (χ2n) is 5.37. The predicted molar refractivity (Wildman–Crippen MR) is 83.0 cm³/mol. The van der Waals surface area contributed by atoms with E-state index in [2.05, 4.69) is 5.32 Å². The molecular weight excluding hydrogens is 288 g/mol. The van der Waals surface area contributed by atoms with Gasteiger partial charge in [-0.3, -0.25) is 0 Å². The molecule has 1 aliphatic rings. The zero-order chi connectivity index (χ0) is 15.5. The Bertz CT molecular complexity index is 583. The van der Waals surface area contributed by atoms with E-state index >= 15 is 0 Å². The summed E-state index contributed by atoms with van der Waals surface area (Å²) in [7, 11) is -0.345. The summed E-state index contributed by atoms with van der Waals surface area (Å²) in [6.45, 7) is 3.51.